The van der Waals surface area contributed by atoms with E-state index in [1.165, 1.54) is 6.07 Å². The van der Waals surface area contributed by atoms with Crippen molar-refractivity contribution in [2.24, 2.45) is 5.92 Å². The minimum absolute atomic E-state index is 0.0246. The third-order valence-electron chi connectivity index (χ3n) is 6.80. The number of fused-ring (bicyclic) bond motifs is 1. The van der Waals surface area contributed by atoms with Gasteiger partial charge in [-0.25, -0.2) is 4.39 Å². The Kier molecular flexibility index (Phi) is 6.99. The van der Waals surface area contributed by atoms with Gasteiger partial charge in [0.1, 0.15) is 5.82 Å². The first kappa shape index (κ1) is 25.3. The second-order valence-corrected chi connectivity index (χ2v) is 10.4. The molecular formula is C30H29ClFN3O2. The molecular weight excluding hydrogens is 489 g/mol. The fourth-order valence-corrected chi connectivity index (χ4v) is 4.66. The van der Waals surface area contributed by atoms with Crippen LogP contribution in [-0.2, 0) is 0 Å². The number of hydrogen-bond donors (Lipinski definition) is 2. The van der Waals surface area contributed by atoms with Crippen LogP contribution in [0.15, 0.2) is 60.8 Å². The summed E-state index contributed by atoms with van der Waals surface area (Å²) in [6, 6.07) is 16.4. The molecule has 190 valence electrons. The van der Waals surface area contributed by atoms with Gasteiger partial charge in [0.2, 0.25) is 0 Å². The molecule has 1 fully saturated rings. The van der Waals surface area contributed by atoms with Crippen molar-refractivity contribution in [2.45, 2.75) is 25.9 Å². The van der Waals surface area contributed by atoms with Crippen LogP contribution in [0.4, 0.5) is 15.8 Å². The van der Waals surface area contributed by atoms with Gasteiger partial charge in [0, 0.05) is 40.3 Å². The Morgan fingerprint density at radius 2 is 1.86 bits per heavy atom. The van der Waals surface area contributed by atoms with E-state index < -0.39 is 6.10 Å². The Bertz CT molecular complexity index is 1460. The highest BCUT2D eigenvalue weighted by Gasteiger charge is 2.32. The molecule has 37 heavy (non-hydrogen) atoms. The van der Waals surface area contributed by atoms with E-state index in [4.69, 9.17) is 11.6 Å². The van der Waals surface area contributed by atoms with E-state index in [0.717, 1.165) is 40.6 Å². The van der Waals surface area contributed by atoms with Gasteiger partial charge in [0.15, 0.2) is 5.78 Å². The van der Waals surface area contributed by atoms with Crippen molar-refractivity contribution in [3.05, 3.63) is 88.3 Å². The Morgan fingerprint density at radius 1 is 1.14 bits per heavy atom. The molecule has 1 heterocycles. The highest BCUT2D eigenvalue weighted by atomic mass is 35.5. The number of aliphatic hydroxyl groups is 1. The molecule has 5 rings (SSSR count). The minimum atomic E-state index is -0.595. The van der Waals surface area contributed by atoms with Gasteiger partial charge in [0.05, 0.1) is 22.9 Å². The molecule has 7 heteroatoms. The van der Waals surface area contributed by atoms with Gasteiger partial charge >= 0.3 is 0 Å². The number of Topliss-reactive ketones (excluding diaryl/α,β-unsaturated/α-hetero) is 1. The quantitative estimate of drug-likeness (QED) is 0.248. The minimum Gasteiger partial charge on any atom is -0.387 e. The summed E-state index contributed by atoms with van der Waals surface area (Å²) >= 11 is 6.27. The molecule has 1 aliphatic rings. The Hall–Kier alpha value is -3.32. The van der Waals surface area contributed by atoms with Crippen molar-refractivity contribution in [3.8, 4) is 11.1 Å². The third-order valence-corrected chi connectivity index (χ3v) is 7.19. The van der Waals surface area contributed by atoms with Crippen LogP contribution in [0.25, 0.3) is 22.0 Å². The lowest BCUT2D eigenvalue weighted by Gasteiger charge is -2.18. The average Bonchev–Trinajstić information content (AvgIpc) is 3.72. The van der Waals surface area contributed by atoms with E-state index in [-0.39, 0.29) is 17.5 Å². The first-order valence-corrected chi connectivity index (χ1v) is 12.7. The van der Waals surface area contributed by atoms with E-state index in [0.29, 0.717) is 33.9 Å². The number of nitrogens with one attached hydrogen (secondary N) is 1. The fourth-order valence-electron chi connectivity index (χ4n) is 4.46. The number of carbonyl (C=O) groups excluding carboxylic acids is 1. The second-order valence-electron chi connectivity index (χ2n) is 10.0. The summed E-state index contributed by atoms with van der Waals surface area (Å²) in [5, 5.41) is 15.0. The smallest absolute Gasteiger partial charge is 0.169 e. The van der Waals surface area contributed by atoms with Crippen LogP contribution < -0.4 is 5.32 Å². The van der Waals surface area contributed by atoms with E-state index >= 15 is 0 Å². The SMILES string of the molecule is Cc1c(F)cc(-c2ccc3ncc(C(=O)C4CC4)c(Nc4ccc(C(O)CN(C)C)cc4)c3c2)cc1Cl. The number of aromatic nitrogens is 1. The number of anilines is 2. The molecule has 5 nitrogen and oxygen atoms in total. The number of carbonyl (C=O) groups is 1. The van der Waals surface area contributed by atoms with Crippen LogP contribution in [0, 0.1) is 18.7 Å². The molecule has 3 aromatic carbocycles. The molecule has 0 radical (unpaired) electrons. The molecule has 1 unspecified atom stereocenters. The fraction of sp³-hybridized carbons (Fsp3) is 0.267. The first-order valence-electron chi connectivity index (χ1n) is 12.3. The summed E-state index contributed by atoms with van der Waals surface area (Å²) in [4.78, 5) is 19.7. The van der Waals surface area contributed by atoms with E-state index in [1.807, 2.05) is 61.5 Å². The molecule has 0 spiro atoms. The summed E-state index contributed by atoms with van der Waals surface area (Å²) in [7, 11) is 3.83. The summed E-state index contributed by atoms with van der Waals surface area (Å²) in [6.07, 6.45) is 2.82. The number of pyridine rings is 1. The van der Waals surface area contributed by atoms with E-state index in [2.05, 4.69) is 10.3 Å². The van der Waals surface area contributed by atoms with Gasteiger partial charge in [-0.2, -0.15) is 0 Å². The topological polar surface area (TPSA) is 65.5 Å². The predicted molar refractivity (Wildman–Crippen MR) is 147 cm³/mol. The molecule has 1 aromatic heterocycles. The summed E-state index contributed by atoms with van der Waals surface area (Å²) in [6.45, 7) is 2.17. The van der Waals surface area contributed by atoms with Gasteiger partial charge < -0.3 is 15.3 Å². The average molecular weight is 518 g/mol. The number of nitrogens with zero attached hydrogens (tertiary/aromatic N) is 2. The molecule has 0 amide bonds. The van der Waals surface area contributed by atoms with Crippen LogP contribution in [0.2, 0.25) is 5.02 Å². The van der Waals surface area contributed by atoms with E-state index in [9.17, 15) is 14.3 Å². The normalized spacial score (nSPS) is 14.2. The number of hydrogen-bond acceptors (Lipinski definition) is 5. The maximum Gasteiger partial charge on any atom is 0.169 e. The maximum absolute atomic E-state index is 14.5. The molecule has 0 aliphatic heterocycles. The van der Waals surface area contributed by atoms with Crippen molar-refractivity contribution in [1.29, 1.82) is 0 Å². The standard InChI is InChI=1S/C30H29ClFN3O2/c1-17-25(31)13-21(14-26(17)32)20-8-11-27-23(12-20)29(24(15-33-27)30(37)19-4-5-19)34-22-9-6-18(7-10-22)28(36)16-35(2)3/h6-15,19,28,36H,4-5,16H2,1-3H3,(H,33,34). The third kappa shape index (κ3) is 5.37. The maximum atomic E-state index is 14.5. The first-order chi connectivity index (χ1) is 17.7. The number of halogens is 2. The van der Waals surface area contributed by atoms with Crippen LogP contribution in [0.3, 0.4) is 0 Å². The zero-order valence-corrected chi connectivity index (χ0v) is 21.8. The van der Waals surface area contributed by atoms with Crippen LogP contribution in [0.1, 0.15) is 40.4 Å². The van der Waals surface area contributed by atoms with Crippen molar-refractivity contribution < 1.29 is 14.3 Å². The number of likely N-dealkylation sites (N-methyl/N-ethyl adjacent to an activating group) is 1. The molecule has 1 aliphatic carbocycles. The van der Waals surface area contributed by atoms with Gasteiger partial charge in [-0.15, -0.1) is 0 Å². The van der Waals surface area contributed by atoms with Crippen LogP contribution >= 0.6 is 11.6 Å². The Morgan fingerprint density at radius 3 is 2.51 bits per heavy atom. The van der Waals surface area contributed by atoms with Crippen molar-refractivity contribution in [3.63, 3.8) is 0 Å². The van der Waals surface area contributed by atoms with E-state index in [1.54, 1.807) is 19.2 Å². The summed E-state index contributed by atoms with van der Waals surface area (Å²) in [5.41, 5.74) is 5.36. The lowest BCUT2D eigenvalue weighted by atomic mass is 9.98. The van der Waals surface area contributed by atoms with Gasteiger partial charge in [-0.1, -0.05) is 29.8 Å². The van der Waals surface area contributed by atoms with Crippen molar-refractivity contribution in [2.75, 3.05) is 26.0 Å². The Balaban J connectivity index is 1.58. The van der Waals surface area contributed by atoms with Crippen molar-refractivity contribution >= 4 is 39.7 Å². The van der Waals surface area contributed by atoms with Gasteiger partial charge in [-0.3, -0.25) is 9.78 Å². The molecule has 1 atom stereocenters. The lowest BCUT2D eigenvalue weighted by Crippen LogP contribution is -2.19. The molecule has 2 N–H and O–H groups in total. The molecule has 4 aromatic rings. The highest BCUT2D eigenvalue weighted by molar-refractivity contribution is 6.31. The predicted octanol–water partition coefficient (Wildman–Crippen LogP) is 6.93. The molecule has 0 saturated heterocycles. The summed E-state index contributed by atoms with van der Waals surface area (Å²) < 4.78 is 14.5. The van der Waals surface area contributed by atoms with Gasteiger partial charge in [0.25, 0.3) is 0 Å². The number of aliphatic hydroxyl groups excluding tert-OH is 1. The van der Waals surface area contributed by atoms with Crippen LogP contribution in [-0.4, -0.2) is 41.4 Å². The summed E-state index contributed by atoms with van der Waals surface area (Å²) in [5.74, 6) is -0.269. The number of benzene rings is 3. The zero-order valence-electron chi connectivity index (χ0n) is 21.1. The monoisotopic (exact) mass is 517 g/mol. The largest absolute Gasteiger partial charge is 0.387 e. The lowest BCUT2D eigenvalue weighted by molar-refractivity contribution is 0.0968. The van der Waals surface area contributed by atoms with Crippen molar-refractivity contribution in [1.82, 2.24) is 9.88 Å². The second kappa shape index (κ2) is 10.2. The molecule has 0 bridgehead atoms. The number of ketones is 1. The number of rotatable bonds is 8. The Labute approximate surface area is 220 Å². The zero-order chi connectivity index (χ0) is 26.3. The van der Waals surface area contributed by atoms with Crippen LogP contribution in [0.5, 0.6) is 0 Å². The molecule has 1 saturated carbocycles. The van der Waals surface area contributed by atoms with Gasteiger partial charge in [-0.05, 0) is 86.9 Å². The highest BCUT2D eigenvalue weighted by Crippen LogP contribution is 2.39.